The summed E-state index contributed by atoms with van der Waals surface area (Å²) >= 11 is 0. The summed E-state index contributed by atoms with van der Waals surface area (Å²) in [5.74, 6) is 6.24. The molecule has 1 aromatic carbocycles. The van der Waals surface area contributed by atoms with Crippen molar-refractivity contribution in [1.29, 1.82) is 5.41 Å². The van der Waals surface area contributed by atoms with Gasteiger partial charge in [0.05, 0.1) is 6.61 Å². The van der Waals surface area contributed by atoms with Crippen LogP contribution in [0.3, 0.4) is 0 Å². The molecule has 5 nitrogen and oxygen atoms in total. The highest BCUT2D eigenvalue weighted by atomic mass is 16.5. The lowest BCUT2D eigenvalue weighted by atomic mass is 10.2. The topological polar surface area (TPSA) is 82.6 Å². The van der Waals surface area contributed by atoms with E-state index in [4.69, 9.17) is 21.1 Å². The number of rotatable bonds is 6. The predicted molar refractivity (Wildman–Crippen MR) is 75.2 cm³/mol. The lowest BCUT2D eigenvalue weighted by Gasteiger charge is -2.17. The van der Waals surface area contributed by atoms with Gasteiger partial charge in [-0.1, -0.05) is 19.9 Å². The van der Waals surface area contributed by atoms with E-state index in [1.54, 1.807) is 0 Å². The lowest BCUT2D eigenvalue weighted by Crippen LogP contribution is -2.29. The average Bonchev–Trinajstić information content (AvgIpc) is 2.42. The number of nitrogens with two attached hydrogens (primary N) is 1. The molecule has 0 heterocycles. The molecular formula is C13H23N3O2. The number of hydrazine groups is 1. The van der Waals surface area contributed by atoms with E-state index < -0.39 is 0 Å². The lowest BCUT2D eigenvalue weighted by molar-refractivity contribution is 0.234. The second kappa shape index (κ2) is 9.44. The molecule has 0 aliphatic rings. The van der Waals surface area contributed by atoms with E-state index in [0.29, 0.717) is 24.5 Å². The summed E-state index contributed by atoms with van der Waals surface area (Å²) in [5, 5.41) is 17.0. The van der Waals surface area contributed by atoms with Crippen molar-refractivity contribution >= 4 is 12.0 Å². The van der Waals surface area contributed by atoms with E-state index >= 15 is 0 Å². The molecule has 0 aliphatic heterocycles. The molecule has 18 heavy (non-hydrogen) atoms. The first-order valence-electron chi connectivity index (χ1n) is 6.08. The summed E-state index contributed by atoms with van der Waals surface area (Å²) in [6, 6.07) is 5.57. The summed E-state index contributed by atoms with van der Waals surface area (Å²) in [5.41, 5.74) is 1.69. The van der Waals surface area contributed by atoms with Gasteiger partial charge in [-0.05, 0) is 24.6 Å². The number of aryl methyl sites for hydroxylation is 1. The summed E-state index contributed by atoms with van der Waals surface area (Å²) in [6.45, 7) is 6.47. The van der Waals surface area contributed by atoms with Gasteiger partial charge >= 0.3 is 0 Å². The van der Waals surface area contributed by atoms with E-state index in [-0.39, 0.29) is 6.61 Å². The maximum atomic E-state index is 8.66. The van der Waals surface area contributed by atoms with E-state index in [0.717, 1.165) is 11.9 Å². The van der Waals surface area contributed by atoms with Crippen molar-refractivity contribution in [3.63, 3.8) is 0 Å². The van der Waals surface area contributed by atoms with Crippen LogP contribution in [-0.2, 0) is 0 Å². The number of hydrogen-bond donors (Lipinski definition) is 3. The summed E-state index contributed by atoms with van der Waals surface area (Å²) in [7, 11) is 0. The second-order valence-electron chi connectivity index (χ2n) is 3.43. The number of aliphatic hydroxyl groups excluding tert-OH is 1. The van der Waals surface area contributed by atoms with Crippen LogP contribution in [0.1, 0.15) is 25.8 Å². The van der Waals surface area contributed by atoms with Crippen molar-refractivity contribution < 1.29 is 9.84 Å². The monoisotopic (exact) mass is 253 g/mol. The van der Waals surface area contributed by atoms with Crippen molar-refractivity contribution in [2.75, 3.05) is 18.2 Å². The Morgan fingerprint density at radius 2 is 2.11 bits per heavy atom. The largest absolute Gasteiger partial charge is 0.491 e. The van der Waals surface area contributed by atoms with Gasteiger partial charge in [0.1, 0.15) is 17.8 Å². The van der Waals surface area contributed by atoms with Crippen molar-refractivity contribution in [2.45, 2.75) is 27.2 Å². The highest BCUT2D eigenvalue weighted by Crippen LogP contribution is 2.27. The molecule has 5 heteroatoms. The Morgan fingerprint density at radius 1 is 1.44 bits per heavy atom. The van der Waals surface area contributed by atoms with Gasteiger partial charge in [0.2, 0.25) is 0 Å². The SMILES string of the molecule is CC.Cc1ccc(OCCCO)c(N(N)C=N)c1. The number of benzene rings is 1. The molecule has 0 aliphatic carbocycles. The standard InChI is InChI=1S/C11H17N3O2.C2H6/c1-9-3-4-11(16-6-2-5-15)10(7-9)14(13)8-12;1-2/h3-4,7-8,12,15H,2,5-6,13H2,1H3;1-2H3. The van der Waals surface area contributed by atoms with Crippen LogP contribution < -0.4 is 15.6 Å². The van der Waals surface area contributed by atoms with Gasteiger partial charge in [-0.3, -0.25) is 10.4 Å². The van der Waals surface area contributed by atoms with E-state index in [2.05, 4.69) is 0 Å². The van der Waals surface area contributed by atoms with Crippen LogP contribution in [0.4, 0.5) is 5.69 Å². The van der Waals surface area contributed by atoms with Crippen LogP contribution in [0, 0.1) is 12.3 Å². The molecule has 0 unspecified atom stereocenters. The van der Waals surface area contributed by atoms with Crippen molar-refractivity contribution in [2.24, 2.45) is 5.84 Å². The molecule has 0 radical (unpaired) electrons. The number of aliphatic hydroxyl groups is 1. The Bertz CT molecular complexity index is 356. The molecule has 1 aromatic rings. The highest BCUT2D eigenvalue weighted by Gasteiger charge is 2.07. The van der Waals surface area contributed by atoms with Gasteiger partial charge in [-0.25, -0.2) is 5.84 Å². The molecule has 0 spiro atoms. The Balaban J connectivity index is 0.00000137. The fourth-order valence-corrected chi connectivity index (χ4v) is 1.27. The first-order valence-corrected chi connectivity index (χ1v) is 6.08. The van der Waals surface area contributed by atoms with Gasteiger partial charge < -0.3 is 9.84 Å². The van der Waals surface area contributed by atoms with Crippen LogP contribution in [-0.4, -0.2) is 24.7 Å². The molecule has 1 rings (SSSR count). The van der Waals surface area contributed by atoms with E-state index in [1.807, 2.05) is 39.0 Å². The van der Waals surface area contributed by atoms with Crippen LogP contribution >= 0.6 is 0 Å². The zero-order valence-corrected chi connectivity index (χ0v) is 11.3. The highest BCUT2D eigenvalue weighted by molar-refractivity contribution is 5.79. The molecule has 4 N–H and O–H groups in total. The van der Waals surface area contributed by atoms with Gasteiger partial charge in [0.25, 0.3) is 0 Å². The van der Waals surface area contributed by atoms with Crippen LogP contribution in [0.5, 0.6) is 5.75 Å². The van der Waals surface area contributed by atoms with Crippen molar-refractivity contribution in [1.82, 2.24) is 0 Å². The Hall–Kier alpha value is -1.59. The normalized spacial score (nSPS) is 9.17. The first kappa shape index (κ1) is 16.4. The Kier molecular flexibility index (Phi) is 8.61. The van der Waals surface area contributed by atoms with Crippen LogP contribution in [0.15, 0.2) is 18.2 Å². The quantitative estimate of drug-likeness (QED) is 0.238. The number of anilines is 1. The molecule has 0 saturated carbocycles. The number of nitrogens with zero attached hydrogens (tertiary/aromatic N) is 1. The second-order valence-corrected chi connectivity index (χ2v) is 3.43. The minimum atomic E-state index is 0.0953. The van der Waals surface area contributed by atoms with Gasteiger partial charge in [0.15, 0.2) is 0 Å². The zero-order valence-electron chi connectivity index (χ0n) is 11.3. The summed E-state index contributed by atoms with van der Waals surface area (Å²) in [6.07, 6.45) is 1.59. The minimum Gasteiger partial charge on any atom is -0.491 e. The summed E-state index contributed by atoms with van der Waals surface area (Å²) < 4.78 is 5.47. The molecule has 102 valence electrons. The van der Waals surface area contributed by atoms with Gasteiger partial charge in [-0.15, -0.1) is 0 Å². The van der Waals surface area contributed by atoms with Crippen LogP contribution in [0.25, 0.3) is 0 Å². The maximum Gasteiger partial charge on any atom is 0.144 e. The molecule has 0 saturated heterocycles. The third-order valence-electron chi connectivity index (χ3n) is 2.09. The first-order chi connectivity index (χ1) is 8.69. The number of nitrogens with one attached hydrogen (secondary N) is 1. The number of hydrogen-bond acceptors (Lipinski definition) is 4. The molecular weight excluding hydrogens is 230 g/mol. The van der Waals surface area contributed by atoms with Crippen molar-refractivity contribution in [3.8, 4) is 5.75 Å². The maximum absolute atomic E-state index is 8.66. The van der Waals surface area contributed by atoms with Gasteiger partial charge in [0, 0.05) is 13.0 Å². The zero-order chi connectivity index (χ0) is 14.0. The summed E-state index contributed by atoms with van der Waals surface area (Å²) in [4.78, 5) is 0. The third-order valence-corrected chi connectivity index (χ3v) is 2.09. The van der Waals surface area contributed by atoms with Crippen LogP contribution in [0.2, 0.25) is 0 Å². The molecule has 0 amide bonds. The minimum absolute atomic E-state index is 0.0953. The van der Waals surface area contributed by atoms with Gasteiger partial charge in [-0.2, -0.15) is 0 Å². The smallest absolute Gasteiger partial charge is 0.144 e. The fraction of sp³-hybridized carbons (Fsp3) is 0.462. The molecule has 0 atom stereocenters. The van der Waals surface area contributed by atoms with E-state index in [1.165, 1.54) is 5.01 Å². The predicted octanol–water partition coefficient (Wildman–Crippen LogP) is 2.07. The Morgan fingerprint density at radius 3 is 2.67 bits per heavy atom. The molecule has 0 bridgehead atoms. The average molecular weight is 253 g/mol. The molecule has 0 fully saturated rings. The van der Waals surface area contributed by atoms with E-state index in [9.17, 15) is 0 Å². The molecule has 0 aromatic heterocycles. The third kappa shape index (κ3) is 5.16. The Labute approximate surface area is 109 Å². The van der Waals surface area contributed by atoms with Crippen molar-refractivity contribution in [3.05, 3.63) is 23.8 Å². The number of ether oxygens (including phenoxy) is 1. The fourth-order valence-electron chi connectivity index (χ4n) is 1.27.